The number of thiophene rings is 1. The first kappa shape index (κ1) is 16.9. The van der Waals surface area contributed by atoms with E-state index in [0.717, 1.165) is 12.8 Å². The summed E-state index contributed by atoms with van der Waals surface area (Å²) in [6, 6.07) is 5.03. The SMILES string of the molecule is CN1C(=O)COc2cc(NC(=O)NCc3csc4c3CCCC4)ccc21. The molecule has 2 N–H and O–H groups in total. The van der Waals surface area contributed by atoms with Crippen LogP contribution < -0.4 is 20.3 Å². The van der Waals surface area contributed by atoms with Gasteiger partial charge in [-0.15, -0.1) is 11.3 Å². The van der Waals surface area contributed by atoms with Crippen LogP contribution in [0.5, 0.6) is 5.75 Å². The Bertz CT molecular complexity index is 862. The van der Waals surface area contributed by atoms with Crippen molar-refractivity contribution in [1.29, 1.82) is 0 Å². The Morgan fingerprint density at radius 3 is 3.04 bits per heavy atom. The standard InChI is InChI=1S/C19H21N3O3S/c1-22-15-7-6-13(8-16(15)25-10-18(22)23)21-19(24)20-9-12-11-26-17-5-3-2-4-14(12)17/h6-8,11H,2-5,9-10H2,1H3,(H2,20,21,24). The zero-order valence-electron chi connectivity index (χ0n) is 14.6. The van der Waals surface area contributed by atoms with Crippen molar-refractivity contribution in [2.45, 2.75) is 32.2 Å². The van der Waals surface area contributed by atoms with Gasteiger partial charge in [-0.1, -0.05) is 0 Å². The Hall–Kier alpha value is -2.54. The number of likely N-dealkylation sites (N-methyl/N-ethyl adjacent to an activating group) is 1. The van der Waals surface area contributed by atoms with E-state index in [1.165, 1.54) is 28.8 Å². The molecule has 2 aromatic rings. The Balaban J connectivity index is 1.38. The van der Waals surface area contributed by atoms with Crippen LogP contribution in [-0.2, 0) is 24.2 Å². The second-order valence-electron chi connectivity index (χ2n) is 6.60. The van der Waals surface area contributed by atoms with Crippen LogP contribution in [0.15, 0.2) is 23.6 Å². The fraction of sp³-hybridized carbons (Fsp3) is 0.368. The zero-order chi connectivity index (χ0) is 18.1. The molecule has 0 saturated carbocycles. The molecule has 2 heterocycles. The summed E-state index contributed by atoms with van der Waals surface area (Å²) in [6.07, 6.45) is 4.78. The number of aryl methyl sites for hydroxylation is 1. The van der Waals surface area contributed by atoms with E-state index in [2.05, 4.69) is 16.0 Å². The normalized spacial score (nSPS) is 15.7. The van der Waals surface area contributed by atoms with Crippen molar-refractivity contribution in [2.24, 2.45) is 0 Å². The third-order valence-electron chi connectivity index (χ3n) is 4.89. The molecular weight excluding hydrogens is 350 g/mol. The molecular formula is C19H21N3O3S. The molecule has 0 atom stereocenters. The molecule has 1 aromatic heterocycles. The van der Waals surface area contributed by atoms with E-state index in [9.17, 15) is 9.59 Å². The smallest absolute Gasteiger partial charge is 0.319 e. The average Bonchev–Trinajstić information content (AvgIpc) is 3.06. The molecule has 6 nitrogen and oxygen atoms in total. The van der Waals surface area contributed by atoms with Crippen LogP contribution in [0.2, 0.25) is 0 Å². The summed E-state index contributed by atoms with van der Waals surface area (Å²) in [7, 11) is 1.71. The van der Waals surface area contributed by atoms with E-state index in [1.54, 1.807) is 41.5 Å². The number of fused-ring (bicyclic) bond motifs is 2. The van der Waals surface area contributed by atoms with Crippen molar-refractivity contribution in [3.8, 4) is 5.75 Å². The number of amides is 3. The molecule has 7 heteroatoms. The number of carbonyl (C=O) groups excluding carboxylic acids is 2. The number of hydrogen-bond acceptors (Lipinski definition) is 4. The third-order valence-corrected chi connectivity index (χ3v) is 6.03. The molecule has 3 amide bonds. The summed E-state index contributed by atoms with van der Waals surface area (Å²) < 4.78 is 5.45. The van der Waals surface area contributed by atoms with Crippen LogP contribution >= 0.6 is 11.3 Å². The van der Waals surface area contributed by atoms with E-state index >= 15 is 0 Å². The first-order valence-electron chi connectivity index (χ1n) is 8.78. The van der Waals surface area contributed by atoms with E-state index in [-0.39, 0.29) is 18.5 Å². The van der Waals surface area contributed by atoms with Gasteiger partial charge in [0.05, 0.1) is 5.69 Å². The van der Waals surface area contributed by atoms with Crippen molar-refractivity contribution in [3.05, 3.63) is 39.6 Å². The highest BCUT2D eigenvalue weighted by Crippen LogP contribution is 2.33. The predicted molar refractivity (Wildman–Crippen MR) is 102 cm³/mol. The first-order valence-corrected chi connectivity index (χ1v) is 9.66. The molecule has 1 aromatic carbocycles. The number of carbonyl (C=O) groups is 2. The van der Waals surface area contributed by atoms with Gasteiger partial charge < -0.3 is 20.3 Å². The fourth-order valence-electron chi connectivity index (χ4n) is 3.42. The number of nitrogens with one attached hydrogen (secondary N) is 2. The first-order chi connectivity index (χ1) is 12.6. The van der Waals surface area contributed by atoms with Crippen molar-refractivity contribution >= 4 is 34.6 Å². The Morgan fingerprint density at radius 1 is 1.31 bits per heavy atom. The maximum absolute atomic E-state index is 12.2. The second-order valence-corrected chi connectivity index (χ2v) is 7.57. The lowest BCUT2D eigenvalue weighted by atomic mass is 9.96. The lowest BCUT2D eigenvalue weighted by molar-refractivity contribution is -0.120. The molecule has 0 unspecified atom stereocenters. The number of rotatable bonds is 3. The Kier molecular flexibility index (Phi) is 4.55. The number of hydrogen-bond donors (Lipinski definition) is 2. The van der Waals surface area contributed by atoms with Gasteiger partial charge in [0.1, 0.15) is 5.75 Å². The van der Waals surface area contributed by atoms with Gasteiger partial charge in [0.15, 0.2) is 6.61 Å². The molecule has 136 valence electrons. The van der Waals surface area contributed by atoms with Crippen LogP contribution in [0.25, 0.3) is 0 Å². The maximum Gasteiger partial charge on any atom is 0.319 e. The summed E-state index contributed by atoms with van der Waals surface area (Å²) >= 11 is 1.80. The molecule has 4 rings (SSSR count). The average molecular weight is 371 g/mol. The van der Waals surface area contributed by atoms with E-state index in [0.29, 0.717) is 23.7 Å². The largest absolute Gasteiger partial charge is 0.481 e. The molecule has 0 spiro atoms. The molecule has 1 aliphatic carbocycles. The zero-order valence-corrected chi connectivity index (χ0v) is 15.4. The number of nitrogens with zero attached hydrogens (tertiary/aromatic N) is 1. The summed E-state index contributed by atoms with van der Waals surface area (Å²) in [4.78, 5) is 26.9. The van der Waals surface area contributed by atoms with Gasteiger partial charge in [0, 0.05) is 30.2 Å². The van der Waals surface area contributed by atoms with Crippen LogP contribution in [0.3, 0.4) is 0 Å². The molecule has 26 heavy (non-hydrogen) atoms. The summed E-state index contributed by atoms with van der Waals surface area (Å²) in [5.41, 5.74) is 4.00. The minimum atomic E-state index is -0.249. The van der Waals surface area contributed by atoms with Gasteiger partial charge in [-0.25, -0.2) is 4.79 Å². The third kappa shape index (κ3) is 3.26. The van der Waals surface area contributed by atoms with Crippen molar-refractivity contribution in [2.75, 3.05) is 23.9 Å². The summed E-state index contributed by atoms with van der Waals surface area (Å²) in [5, 5.41) is 7.92. The summed E-state index contributed by atoms with van der Waals surface area (Å²) in [6.45, 7) is 0.554. The lowest BCUT2D eigenvalue weighted by Gasteiger charge is -2.26. The second kappa shape index (κ2) is 6.99. The van der Waals surface area contributed by atoms with Crippen molar-refractivity contribution < 1.29 is 14.3 Å². The van der Waals surface area contributed by atoms with Gasteiger partial charge in [0.2, 0.25) is 0 Å². The van der Waals surface area contributed by atoms with E-state index < -0.39 is 0 Å². The number of urea groups is 1. The van der Waals surface area contributed by atoms with Crippen LogP contribution in [0.1, 0.15) is 28.8 Å². The number of anilines is 2. The highest BCUT2D eigenvalue weighted by molar-refractivity contribution is 7.10. The molecule has 0 bridgehead atoms. The molecule has 2 aliphatic rings. The molecule has 0 radical (unpaired) electrons. The Labute approximate surface area is 156 Å². The highest BCUT2D eigenvalue weighted by Gasteiger charge is 2.22. The lowest BCUT2D eigenvalue weighted by Crippen LogP contribution is -2.35. The maximum atomic E-state index is 12.2. The van der Waals surface area contributed by atoms with E-state index in [1.807, 2.05) is 0 Å². The quantitative estimate of drug-likeness (QED) is 0.870. The van der Waals surface area contributed by atoms with Gasteiger partial charge in [-0.05, 0) is 54.3 Å². The molecule has 1 aliphatic heterocycles. The van der Waals surface area contributed by atoms with Gasteiger partial charge in [-0.2, -0.15) is 0 Å². The predicted octanol–water partition coefficient (Wildman–Crippen LogP) is 3.30. The topological polar surface area (TPSA) is 70.7 Å². The fourth-order valence-corrected chi connectivity index (χ4v) is 4.56. The van der Waals surface area contributed by atoms with Crippen LogP contribution in [-0.4, -0.2) is 25.6 Å². The number of benzene rings is 1. The summed E-state index contributed by atoms with van der Waals surface area (Å²) in [5.74, 6) is 0.506. The highest BCUT2D eigenvalue weighted by atomic mass is 32.1. The molecule has 0 saturated heterocycles. The van der Waals surface area contributed by atoms with Gasteiger partial charge in [0.25, 0.3) is 5.91 Å². The minimum absolute atomic E-state index is 0.0163. The van der Waals surface area contributed by atoms with E-state index in [4.69, 9.17) is 4.74 Å². The Morgan fingerprint density at radius 2 is 2.15 bits per heavy atom. The van der Waals surface area contributed by atoms with Crippen LogP contribution in [0.4, 0.5) is 16.2 Å². The van der Waals surface area contributed by atoms with Crippen molar-refractivity contribution in [3.63, 3.8) is 0 Å². The van der Waals surface area contributed by atoms with Crippen LogP contribution in [0, 0.1) is 0 Å². The van der Waals surface area contributed by atoms with Gasteiger partial charge >= 0.3 is 6.03 Å². The number of ether oxygens (including phenoxy) is 1. The van der Waals surface area contributed by atoms with Crippen molar-refractivity contribution in [1.82, 2.24) is 5.32 Å². The monoisotopic (exact) mass is 371 g/mol. The minimum Gasteiger partial charge on any atom is -0.481 e. The molecule has 0 fully saturated rings. The van der Waals surface area contributed by atoms with Gasteiger partial charge in [-0.3, -0.25) is 4.79 Å².